The van der Waals surface area contributed by atoms with Crippen LogP contribution in [0.25, 0.3) is 11.1 Å². The van der Waals surface area contributed by atoms with Crippen LogP contribution in [0.5, 0.6) is 0 Å². The second kappa shape index (κ2) is 9.07. The summed E-state index contributed by atoms with van der Waals surface area (Å²) in [5, 5.41) is 20.6. The number of hydrogen-bond acceptors (Lipinski definition) is 7. The van der Waals surface area contributed by atoms with E-state index in [0.29, 0.717) is 5.56 Å². The lowest BCUT2D eigenvalue weighted by Gasteiger charge is -2.47. The Morgan fingerprint density at radius 1 is 1.20 bits per heavy atom. The van der Waals surface area contributed by atoms with Gasteiger partial charge >= 0.3 is 0 Å². The molecule has 2 aromatic rings. The Morgan fingerprint density at radius 2 is 1.89 bits per heavy atom. The van der Waals surface area contributed by atoms with E-state index >= 15 is 0 Å². The molecule has 2 aliphatic heterocycles. The Balaban J connectivity index is 1.70. The minimum Gasteiger partial charge on any atom is -0.369 e. The standard InChI is InChI=1S/C26H29FN6OS/c1-25(2,15-29)33-7-5-17(6-8-33)22-23(34)32(4)24(30)31-26(22,3)21-12-19(14-35-21)18-9-16(13-28)10-20(27)11-18/h9-12,14,17,22H,5-8H2,1-4H3,(H2,30,31)/t22-,26+/m0/s1. The van der Waals surface area contributed by atoms with E-state index in [1.54, 1.807) is 13.1 Å². The summed E-state index contributed by atoms with van der Waals surface area (Å²) in [6.45, 7) is 7.23. The van der Waals surface area contributed by atoms with Crippen molar-refractivity contribution in [1.82, 2.24) is 9.80 Å². The van der Waals surface area contributed by atoms with E-state index in [1.807, 2.05) is 38.3 Å². The molecule has 182 valence electrons. The molecule has 35 heavy (non-hydrogen) atoms. The van der Waals surface area contributed by atoms with Gasteiger partial charge in [-0.2, -0.15) is 10.5 Å². The first-order chi connectivity index (χ1) is 16.5. The molecule has 2 aliphatic rings. The van der Waals surface area contributed by atoms with Gasteiger partial charge in [0.1, 0.15) is 16.9 Å². The summed E-state index contributed by atoms with van der Waals surface area (Å²) in [7, 11) is 1.65. The number of guanidine groups is 1. The number of piperidine rings is 1. The number of likely N-dealkylation sites (tertiary alicyclic amines) is 1. The van der Waals surface area contributed by atoms with Gasteiger partial charge in [-0.3, -0.25) is 14.6 Å². The van der Waals surface area contributed by atoms with Crippen LogP contribution in [0.4, 0.5) is 4.39 Å². The number of halogens is 1. The number of nitriles is 2. The van der Waals surface area contributed by atoms with Gasteiger partial charge in [0.15, 0.2) is 5.96 Å². The Hall–Kier alpha value is -3.27. The SMILES string of the molecule is CN1C(=O)[C@H](C2CCN(C(C)(C)C#N)CC2)[C@@](C)(c2cc(-c3cc(F)cc(C#N)c3)cs2)N=C1N. The summed E-state index contributed by atoms with van der Waals surface area (Å²) in [6, 6.07) is 10.5. The molecule has 1 fully saturated rings. The van der Waals surface area contributed by atoms with Gasteiger partial charge in [0.2, 0.25) is 5.91 Å². The van der Waals surface area contributed by atoms with Crippen molar-refractivity contribution in [3.8, 4) is 23.3 Å². The first-order valence-electron chi connectivity index (χ1n) is 11.6. The van der Waals surface area contributed by atoms with Crippen LogP contribution < -0.4 is 5.73 Å². The normalized spacial score (nSPS) is 24.1. The molecule has 9 heteroatoms. The van der Waals surface area contributed by atoms with Gasteiger partial charge in [-0.1, -0.05) is 0 Å². The van der Waals surface area contributed by atoms with Crippen LogP contribution in [0.1, 0.15) is 44.1 Å². The summed E-state index contributed by atoms with van der Waals surface area (Å²) in [4.78, 5) is 22.9. The highest BCUT2D eigenvalue weighted by molar-refractivity contribution is 7.10. The highest BCUT2D eigenvalue weighted by atomic mass is 32.1. The Labute approximate surface area is 209 Å². The molecular weight excluding hydrogens is 463 g/mol. The summed E-state index contributed by atoms with van der Waals surface area (Å²) in [5.41, 5.74) is 6.37. The van der Waals surface area contributed by atoms with Gasteiger partial charge in [-0.25, -0.2) is 9.38 Å². The Bertz CT molecular complexity index is 1260. The molecule has 0 bridgehead atoms. The fourth-order valence-corrected chi connectivity index (χ4v) is 6.31. The molecule has 2 atom stereocenters. The van der Waals surface area contributed by atoms with Crippen molar-refractivity contribution in [2.75, 3.05) is 20.1 Å². The van der Waals surface area contributed by atoms with Crippen LogP contribution >= 0.6 is 11.3 Å². The summed E-state index contributed by atoms with van der Waals surface area (Å²) in [5.74, 6) is -0.710. The Kier molecular flexibility index (Phi) is 6.44. The molecule has 1 aromatic carbocycles. The number of amides is 1. The zero-order chi connectivity index (χ0) is 25.5. The highest BCUT2D eigenvalue weighted by Gasteiger charge is 2.51. The monoisotopic (exact) mass is 492 g/mol. The van der Waals surface area contributed by atoms with E-state index < -0.39 is 22.8 Å². The summed E-state index contributed by atoms with van der Waals surface area (Å²) in [6.07, 6.45) is 1.54. The highest BCUT2D eigenvalue weighted by Crippen LogP contribution is 2.47. The molecule has 7 nitrogen and oxygen atoms in total. The number of carbonyl (C=O) groups excluding carboxylic acids is 1. The van der Waals surface area contributed by atoms with Gasteiger partial charge in [0, 0.05) is 11.9 Å². The lowest BCUT2D eigenvalue weighted by atomic mass is 9.70. The number of nitrogens with two attached hydrogens (primary N) is 1. The van der Waals surface area contributed by atoms with Crippen molar-refractivity contribution in [3.63, 3.8) is 0 Å². The molecule has 0 saturated carbocycles. The molecule has 0 spiro atoms. The number of carbonyl (C=O) groups is 1. The van der Waals surface area contributed by atoms with E-state index in [-0.39, 0.29) is 23.3 Å². The average Bonchev–Trinajstić information content (AvgIpc) is 3.34. The topological polar surface area (TPSA) is 110 Å². The van der Waals surface area contributed by atoms with Crippen LogP contribution in [0.15, 0.2) is 34.6 Å². The van der Waals surface area contributed by atoms with Crippen molar-refractivity contribution < 1.29 is 9.18 Å². The van der Waals surface area contributed by atoms with E-state index in [2.05, 4.69) is 11.0 Å². The molecule has 2 N–H and O–H groups in total. The maximum absolute atomic E-state index is 14.1. The second-order valence-corrected chi connectivity index (χ2v) is 10.9. The third-order valence-electron chi connectivity index (χ3n) is 7.43. The van der Waals surface area contributed by atoms with Gasteiger partial charge in [-0.05, 0) is 93.4 Å². The quantitative estimate of drug-likeness (QED) is 0.692. The number of hydrogen-bond donors (Lipinski definition) is 1. The lowest BCUT2D eigenvalue weighted by Crippen LogP contribution is -2.57. The van der Waals surface area contributed by atoms with Crippen LogP contribution in [0, 0.1) is 40.3 Å². The minimum absolute atomic E-state index is 0.0644. The van der Waals surface area contributed by atoms with E-state index in [0.717, 1.165) is 36.4 Å². The first-order valence-corrected chi connectivity index (χ1v) is 12.5. The minimum atomic E-state index is -0.875. The molecular formula is C26H29FN6OS. The van der Waals surface area contributed by atoms with Crippen molar-refractivity contribution in [1.29, 1.82) is 10.5 Å². The third kappa shape index (κ3) is 4.42. The van der Waals surface area contributed by atoms with Crippen LogP contribution in [0.2, 0.25) is 0 Å². The second-order valence-electron chi connectivity index (χ2n) is 10.0. The van der Waals surface area contributed by atoms with E-state index in [9.17, 15) is 19.7 Å². The molecule has 3 heterocycles. The third-order valence-corrected chi connectivity index (χ3v) is 8.58. The molecule has 0 unspecified atom stereocenters. The van der Waals surface area contributed by atoms with Crippen LogP contribution in [-0.4, -0.2) is 47.3 Å². The summed E-state index contributed by atoms with van der Waals surface area (Å²) < 4.78 is 14.1. The number of benzene rings is 1. The Morgan fingerprint density at radius 3 is 2.51 bits per heavy atom. The maximum atomic E-state index is 14.1. The van der Waals surface area contributed by atoms with Gasteiger partial charge < -0.3 is 5.73 Å². The number of aliphatic imine (C=N–C) groups is 1. The largest absolute Gasteiger partial charge is 0.369 e. The predicted molar refractivity (Wildman–Crippen MR) is 134 cm³/mol. The van der Waals surface area contributed by atoms with Gasteiger partial charge in [0.05, 0.1) is 23.6 Å². The van der Waals surface area contributed by atoms with Gasteiger partial charge in [-0.15, -0.1) is 11.3 Å². The maximum Gasteiger partial charge on any atom is 0.235 e. The van der Waals surface area contributed by atoms with Gasteiger partial charge in [0.25, 0.3) is 0 Å². The number of rotatable bonds is 4. The number of nitrogens with zero attached hydrogens (tertiary/aromatic N) is 5. The average molecular weight is 493 g/mol. The molecule has 1 saturated heterocycles. The molecule has 0 radical (unpaired) electrons. The van der Waals surface area contributed by atoms with Crippen molar-refractivity contribution >= 4 is 23.2 Å². The zero-order valence-corrected chi connectivity index (χ0v) is 21.2. The van der Waals surface area contributed by atoms with E-state index in [1.165, 1.54) is 28.4 Å². The fourth-order valence-electron chi connectivity index (χ4n) is 5.25. The lowest BCUT2D eigenvalue weighted by molar-refractivity contribution is -0.137. The predicted octanol–water partition coefficient (Wildman–Crippen LogP) is 4.06. The van der Waals surface area contributed by atoms with Crippen molar-refractivity contribution in [2.45, 2.75) is 44.7 Å². The molecule has 4 rings (SSSR count). The molecule has 1 aromatic heterocycles. The van der Waals surface area contributed by atoms with Crippen LogP contribution in [0.3, 0.4) is 0 Å². The fraction of sp³-hybridized carbons (Fsp3) is 0.462. The zero-order valence-electron chi connectivity index (χ0n) is 20.4. The first kappa shape index (κ1) is 24.8. The van der Waals surface area contributed by atoms with Crippen molar-refractivity contribution in [2.24, 2.45) is 22.6 Å². The summed E-state index contributed by atoms with van der Waals surface area (Å²) >= 11 is 1.46. The van der Waals surface area contributed by atoms with Crippen molar-refractivity contribution in [3.05, 3.63) is 45.9 Å². The molecule has 1 amide bonds. The molecule has 0 aliphatic carbocycles. The van der Waals surface area contributed by atoms with E-state index in [4.69, 9.17) is 10.7 Å². The number of thiophene rings is 1. The smallest absolute Gasteiger partial charge is 0.235 e. The van der Waals surface area contributed by atoms with Crippen LogP contribution in [-0.2, 0) is 10.3 Å².